The van der Waals surface area contributed by atoms with Gasteiger partial charge in [-0.1, -0.05) is 31.2 Å². The summed E-state index contributed by atoms with van der Waals surface area (Å²) in [5.41, 5.74) is 2.93. The zero-order valence-electron chi connectivity index (χ0n) is 20.8. The summed E-state index contributed by atoms with van der Waals surface area (Å²) in [4.78, 5) is 27.7. The SMILES string of the molecule is CCCNC(=O)[C@@H](C)N(Cc1ccc(OC)cc1)C(=O)CN(c1cccc(C)c1C)S(C)(=O)=O. The monoisotopic (exact) mass is 489 g/mol. The second-order valence-electron chi connectivity index (χ2n) is 8.33. The van der Waals surface area contributed by atoms with Crippen molar-refractivity contribution >= 4 is 27.5 Å². The van der Waals surface area contributed by atoms with Gasteiger partial charge in [0.2, 0.25) is 21.8 Å². The van der Waals surface area contributed by atoms with E-state index in [9.17, 15) is 18.0 Å². The molecule has 0 radical (unpaired) electrons. The van der Waals surface area contributed by atoms with E-state index in [1.54, 1.807) is 38.3 Å². The van der Waals surface area contributed by atoms with E-state index in [2.05, 4.69) is 5.32 Å². The second kappa shape index (κ2) is 11.9. The molecule has 0 aliphatic heterocycles. The summed E-state index contributed by atoms with van der Waals surface area (Å²) in [5.74, 6) is -0.0869. The number of nitrogens with zero attached hydrogens (tertiary/aromatic N) is 2. The van der Waals surface area contributed by atoms with Gasteiger partial charge in [-0.05, 0) is 62.1 Å². The van der Waals surface area contributed by atoms with Crippen molar-refractivity contribution in [1.82, 2.24) is 10.2 Å². The predicted molar refractivity (Wildman–Crippen MR) is 134 cm³/mol. The average molecular weight is 490 g/mol. The van der Waals surface area contributed by atoms with E-state index < -0.39 is 28.5 Å². The minimum atomic E-state index is -3.76. The highest BCUT2D eigenvalue weighted by Gasteiger charge is 2.30. The number of aryl methyl sites for hydroxylation is 1. The molecule has 2 aromatic carbocycles. The molecule has 0 bridgehead atoms. The Morgan fingerprint density at radius 1 is 1.09 bits per heavy atom. The number of ether oxygens (including phenoxy) is 1. The van der Waals surface area contributed by atoms with Crippen LogP contribution in [0, 0.1) is 13.8 Å². The maximum atomic E-state index is 13.5. The number of methoxy groups -OCH3 is 1. The molecule has 8 nitrogen and oxygen atoms in total. The largest absolute Gasteiger partial charge is 0.497 e. The molecule has 0 saturated carbocycles. The third-order valence-electron chi connectivity index (χ3n) is 5.75. The maximum Gasteiger partial charge on any atom is 0.244 e. The molecule has 0 fully saturated rings. The molecule has 1 atom stereocenters. The zero-order valence-corrected chi connectivity index (χ0v) is 21.6. The third-order valence-corrected chi connectivity index (χ3v) is 6.88. The number of anilines is 1. The van der Waals surface area contributed by atoms with Crippen molar-refractivity contribution in [3.8, 4) is 5.75 Å². The van der Waals surface area contributed by atoms with Crippen LogP contribution < -0.4 is 14.4 Å². The van der Waals surface area contributed by atoms with E-state index in [1.165, 1.54) is 4.90 Å². The Morgan fingerprint density at radius 3 is 2.29 bits per heavy atom. The molecule has 0 aliphatic carbocycles. The maximum absolute atomic E-state index is 13.5. The number of amides is 2. The van der Waals surface area contributed by atoms with Gasteiger partial charge in [0.25, 0.3) is 0 Å². The average Bonchev–Trinajstić information content (AvgIpc) is 2.80. The standard InChI is InChI=1S/C25H35N3O5S/c1-7-15-26-25(30)20(4)27(16-21-11-13-22(33-5)14-12-21)24(29)17-28(34(6,31)32)23-10-8-9-18(2)19(23)3/h8-14,20H,7,15-17H2,1-6H3,(H,26,30)/t20-/m1/s1. The summed E-state index contributed by atoms with van der Waals surface area (Å²) in [6.07, 6.45) is 1.84. The first kappa shape index (κ1) is 27.2. The number of carbonyl (C=O) groups is 2. The van der Waals surface area contributed by atoms with Gasteiger partial charge in [-0.2, -0.15) is 0 Å². The molecule has 186 valence electrons. The molecule has 0 aromatic heterocycles. The number of carbonyl (C=O) groups excluding carboxylic acids is 2. The Bertz CT molecular complexity index is 1100. The Hall–Kier alpha value is -3.07. The Labute approximate surface area is 202 Å². The molecular formula is C25H35N3O5S. The van der Waals surface area contributed by atoms with Crippen molar-refractivity contribution in [2.24, 2.45) is 0 Å². The summed E-state index contributed by atoms with van der Waals surface area (Å²) < 4.78 is 31.7. The third kappa shape index (κ3) is 6.96. The van der Waals surface area contributed by atoms with Gasteiger partial charge in [0.05, 0.1) is 19.1 Å². The van der Waals surface area contributed by atoms with Gasteiger partial charge in [-0.15, -0.1) is 0 Å². The van der Waals surface area contributed by atoms with Crippen LogP contribution in [0.15, 0.2) is 42.5 Å². The van der Waals surface area contributed by atoms with E-state index in [1.807, 2.05) is 39.0 Å². The van der Waals surface area contributed by atoms with Crippen molar-refractivity contribution in [2.45, 2.75) is 46.7 Å². The summed E-state index contributed by atoms with van der Waals surface area (Å²) in [6, 6.07) is 11.7. The van der Waals surface area contributed by atoms with Crippen LogP contribution in [0.4, 0.5) is 5.69 Å². The Balaban J connectivity index is 2.40. The van der Waals surface area contributed by atoms with Crippen LogP contribution in [0.3, 0.4) is 0 Å². The summed E-state index contributed by atoms with van der Waals surface area (Å²) in [7, 11) is -2.19. The molecule has 2 amide bonds. The van der Waals surface area contributed by atoms with Crippen molar-refractivity contribution in [2.75, 3.05) is 30.8 Å². The first-order valence-electron chi connectivity index (χ1n) is 11.2. The highest BCUT2D eigenvalue weighted by Crippen LogP contribution is 2.25. The number of benzene rings is 2. The van der Waals surface area contributed by atoms with Crippen LogP contribution in [0.1, 0.15) is 37.0 Å². The summed E-state index contributed by atoms with van der Waals surface area (Å²) >= 11 is 0. The first-order valence-corrected chi connectivity index (χ1v) is 13.1. The van der Waals surface area contributed by atoms with Crippen LogP contribution >= 0.6 is 0 Å². The highest BCUT2D eigenvalue weighted by molar-refractivity contribution is 7.92. The fraction of sp³-hybridized carbons (Fsp3) is 0.440. The number of sulfonamides is 1. The Morgan fingerprint density at radius 2 is 1.74 bits per heavy atom. The molecule has 0 heterocycles. The summed E-state index contributed by atoms with van der Waals surface area (Å²) in [5, 5.41) is 2.82. The Kier molecular flexibility index (Phi) is 9.49. The van der Waals surface area contributed by atoms with E-state index >= 15 is 0 Å². The van der Waals surface area contributed by atoms with Crippen LogP contribution in [-0.4, -0.2) is 57.6 Å². The van der Waals surface area contributed by atoms with Gasteiger partial charge in [0.1, 0.15) is 18.3 Å². The molecule has 0 saturated heterocycles. The lowest BCUT2D eigenvalue weighted by Crippen LogP contribution is -2.51. The van der Waals surface area contributed by atoms with Crippen LogP contribution in [0.5, 0.6) is 5.75 Å². The van der Waals surface area contributed by atoms with E-state index in [4.69, 9.17) is 4.74 Å². The van der Waals surface area contributed by atoms with Crippen LogP contribution in [-0.2, 0) is 26.2 Å². The molecule has 0 aliphatic rings. The van der Waals surface area contributed by atoms with E-state index in [-0.39, 0.29) is 12.5 Å². The van der Waals surface area contributed by atoms with Crippen LogP contribution in [0.25, 0.3) is 0 Å². The quantitative estimate of drug-likeness (QED) is 0.523. The first-order chi connectivity index (χ1) is 16.0. The van der Waals surface area contributed by atoms with E-state index in [0.717, 1.165) is 33.7 Å². The fourth-order valence-electron chi connectivity index (χ4n) is 3.51. The van der Waals surface area contributed by atoms with Gasteiger partial charge < -0.3 is 15.0 Å². The lowest BCUT2D eigenvalue weighted by molar-refractivity contribution is -0.139. The molecule has 0 spiro atoms. The normalized spacial score (nSPS) is 12.1. The van der Waals surface area contributed by atoms with Gasteiger partial charge in [0.15, 0.2) is 0 Å². The lowest BCUT2D eigenvalue weighted by atomic mass is 10.1. The van der Waals surface area contributed by atoms with Crippen molar-refractivity contribution < 1.29 is 22.7 Å². The van der Waals surface area contributed by atoms with Crippen molar-refractivity contribution in [1.29, 1.82) is 0 Å². The number of hydrogen-bond donors (Lipinski definition) is 1. The van der Waals surface area contributed by atoms with E-state index in [0.29, 0.717) is 18.0 Å². The second-order valence-corrected chi connectivity index (χ2v) is 10.2. The topological polar surface area (TPSA) is 96.0 Å². The minimum absolute atomic E-state index is 0.147. The summed E-state index contributed by atoms with van der Waals surface area (Å²) in [6.45, 7) is 7.53. The fourth-order valence-corrected chi connectivity index (χ4v) is 4.41. The number of hydrogen-bond acceptors (Lipinski definition) is 5. The van der Waals surface area contributed by atoms with Crippen molar-refractivity contribution in [3.63, 3.8) is 0 Å². The van der Waals surface area contributed by atoms with Crippen molar-refractivity contribution in [3.05, 3.63) is 59.2 Å². The smallest absolute Gasteiger partial charge is 0.244 e. The molecule has 2 aromatic rings. The lowest BCUT2D eigenvalue weighted by Gasteiger charge is -2.32. The highest BCUT2D eigenvalue weighted by atomic mass is 32.2. The van der Waals surface area contributed by atoms with Gasteiger partial charge in [0, 0.05) is 13.1 Å². The van der Waals surface area contributed by atoms with Gasteiger partial charge in [-0.25, -0.2) is 8.42 Å². The predicted octanol–water partition coefficient (Wildman–Crippen LogP) is 3.02. The molecule has 0 unspecified atom stereocenters. The zero-order chi connectivity index (χ0) is 25.5. The molecule has 9 heteroatoms. The molecule has 2 rings (SSSR count). The molecular weight excluding hydrogens is 454 g/mol. The number of nitrogens with one attached hydrogen (secondary N) is 1. The molecule has 34 heavy (non-hydrogen) atoms. The number of rotatable bonds is 11. The minimum Gasteiger partial charge on any atom is -0.497 e. The van der Waals surface area contributed by atoms with Crippen LogP contribution in [0.2, 0.25) is 0 Å². The molecule has 1 N–H and O–H groups in total. The van der Waals surface area contributed by atoms with Gasteiger partial charge >= 0.3 is 0 Å². The van der Waals surface area contributed by atoms with Gasteiger partial charge in [-0.3, -0.25) is 13.9 Å².